The lowest BCUT2D eigenvalue weighted by Gasteiger charge is -2.26. The number of nitrogens with one attached hydrogen (secondary N) is 1. The highest BCUT2D eigenvalue weighted by molar-refractivity contribution is 5.99. The van der Waals surface area contributed by atoms with Crippen molar-refractivity contribution in [1.29, 1.82) is 0 Å². The smallest absolute Gasteiger partial charge is 0.256 e. The molecule has 0 aromatic carbocycles. The van der Waals surface area contributed by atoms with Crippen LogP contribution in [0, 0.1) is 0 Å². The number of likely N-dealkylation sites (N-methyl/N-ethyl adjacent to an activating group) is 1. The molecule has 0 spiro atoms. The second kappa shape index (κ2) is 7.41. The number of rotatable bonds is 6. The SMILES string of the molecule is CCNc1cnccc1C(=O)N1CCC(N(CC)CC)C1. The van der Waals surface area contributed by atoms with Gasteiger partial charge in [0.15, 0.2) is 0 Å². The van der Waals surface area contributed by atoms with Crippen LogP contribution in [0.4, 0.5) is 5.69 Å². The van der Waals surface area contributed by atoms with E-state index < -0.39 is 0 Å². The van der Waals surface area contributed by atoms with Gasteiger partial charge in [0, 0.05) is 31.9 Å². The van der Waals surface area contributed by atoms with Gasteiger partial charge in [0.2, 0.25) is 0 Å². The average molecular weight is 290 g/mol. The van der Waals surface area contributed by atoms with E-state index in [1.807, 2.05) is 17.9 Å². The number of hydrogen-bond acceptors (Lipinski definition) is 4. The third-order valence-corrected chi connectivity index (χ3v) is 4.20. The minimum absolute atomic E-state index is 0.114. The molecule has 1 N–H and O–H groups in total. The van der Waals surface area contributed by atoms with Crippen molar-refractivity contribution in [2.24, 2.45) is 0 Å². The standard InChI is InChI=1S/C16H26N4O/c1-4-18-15-11-17-9-7-14(15)16(21)20-10-8-13(12-20)19(5-2)6-3/h7,9,11,13,18H,4-6,8,10,12H2,1-3H3. The molecule has 2 heterocycles. The molecule has 1 aromatic rings. The minimum Gasteiger partial charge on any atom is -0.383 e. The van der Waals surface area contributed by atoms with Crippen molar-refractivity contribution in [3.05, 3.63) is 24.0 Å². The van der Waals surface area contributed by atoms with Crippen LogP contribution in [-0.4, -0.2) is 59.5 Å². The molecule has 1 fully saturated rings. The van der Waals surface area contributed by atoms with E-state index in [1.165, 1.54) is 0 Å². The average Bonchev–Trinajstić information content (AvgIpc) is 2.98. The molecule has 0 bridgehead atoms. The van der Waals surface area contributed by atoms with Crippen molar-refractivity contribution in [1.82, 2.24) is 14.8 Å². The second-order valence-electron chi connectivity index (χ2n) is 5.37. The van der Waals surface area contributed by atoms with Crippen LogP contribution in [-0.2, 0) is 0 Å². The van der Waals surface area contributed by atoms with Gasteiger partial charge in [-0.3, -0.25) is 14.7 Å². The van der Waals surface area contributed by atoms with E-state index >= 15 is 0 Å². The Balaban J connectivity index is 2.08. The van der Waals surface area contributed by atoms with Crippen LogP contribution >= 0.6 is 0 Å². The van der Waals surface area contributed by atoms with Gasteiger partial charge in [-0.05, 0) is 32.5 Å². The van der Waals surface area contributed by atoms with Crippen molar-refractivity contribution < 1.29 is 4.79 Å². The molecule has 5 heteroatoms. The molecule has 2 rings (SSSR count). The molecule has 5 nitrogen and oxygen atoms in total. The fourth-order valence-electron chi connectivity index (χ4n) is 3.05. The van der Waals surface area contributed by atoms with Gasteiger partial charge in [-0.15, -0.1) is 0 Å². The lowest BCUT2D eigenvalue weighted by atomic mass is 10.2. The highest BCUT2D eigenvalue weighted by atomic mass is 16.2. The predicted octanol–water partition coefficient (Wildman–Crippen LogP) is 2.07. The largest absolute Gasteiger partial charge is 0.383 e. The van der Waals surface area contributed by atoms with Gasteiger partial charge < -0.3 is 10.2 Å². The zero-order chi connectivity index (χ0) is 15.2. The van der Waals surface area contributed by atoms with Crippen molar-refractivity contribution >= 4 is 11.6 Å². The maximum atomic E-state index is 12.7. The van der Waals surface area contributed by atoms with Crippen molar-refractivity contribution in [3.63, 3.8) is 0 Å². The summed E-state index contributed by atoms with van der Waals surface area (Å²) >= 11 is 0. The van der Waals surface area contributed by atoms with Gasteiger partial charge in [-0.1, -0.05) is 13.8 Å². The second-order valence-corrected chi connectivity index (χ2v) is 5.37. The van der Waals surface area contributed by atoms with Crippen LogP contribution in [0.2, 0.25) is 0 Å². The Bertz CT molecular complexity index is 473. The third kappa shape index (κ3) is 3.53. The number of nitrogens with zero attached hydrogens (tertiary/aromatic N) is 3. The van der Waals surface area contributed by atoms with Gasteiger partial charge in [-0.25, -0.2) is 0 Å². The topological polar surface area (TPSA) is 48.5 Å². The monoisotopic (exact) mass is 290 g/mol. The summed E-state index contributed by atoms with van der Waals surface area (Å²) in [5.41, 5.74) is 1.56. The van der Waals surface area contributed by atoms with Gasteiger partial charge in [-0.2, -0.15) is 0 Å². The molecule has 0 radical (unpaired) electrons. The first-order chi connectivity index (χ1) is 10.2. The summed E-state index contributed by atoms with van der Waals surface area (Å²) in [5, 5.41) is 3.22. The summed E-state index contributed by atoms with van der Waals surface area (Å²) in [7, 11) is 0. The van der Waals surface area contributed by atoms with Crippen molar-refractivity contribution in [3.8, 4) is 0 Å². The summed E-state index contributed by atoms with van der Waals surface area (Å²) in [5.74, 6) is 0.114. The Morgan fingerprint density at radius 2 is 2.19 bits per heavy atom. The lowest BCUT2D eigenvalue weighted by Crippen LogP contribution is -2.38. The molecule has 1 saturated heterocycles. The third-order valence-electron chi connectivity index (χ3n) is 4.20. The number of amides is 1. The molecule has 116 valence electrons. The predicted molar refractivity (Wildman–Crippen MR) is 85.6 cm³/mol. The van der Waals surface area contributed by atoms with Crippen molar-refractivity contribution in [2.75, 3.05) is 38.0 Å². The minimum atomic E-state index is 0.114. The number of hydrogen-bond donors (Lipinski definition) is 1. The molecule has 1 atom stereocenters. The van der Waals surface area contributed by atoms with E-state index in [9.17, 15) is 4.79 Å². The normalized spacial score (nSPS) is 18.3. The number of likely N-dealkylation sites (tertiary alicyclic amines) is 1. The first-order valence-corrected chi connectivity index (χ1v) is 7.92. The molecule has 0 saturated carbocycles. The fraction of sp³-hybridized carbons (Fsp3) is 0.625. The molecule has 21 heavy (non-hydrogen) atoms. The Labute approximate surface area is 127 Å². The molecular formula is C16H26N4O. The van der Waals surface area contributed by atoms with Crippen LogP contribution in [0.5, 0.6) is 0 Å². The molecule has 1 aromatic heterocycles. The maximum Gasteiger partial charge on any atom is 0.256 e. The molecule has 1 aliphatic rings. The zero-order valence-corrected chi connectivity index (χ0v) is 13.3. The molecular weight excluding hydrogens is 264 g/mol. The van der Waals surface area contributed by atoms with Gasteiger partial charge in [0.1, 0.15) is 0 Å². The molecule has 0 aliphatic carbocycles. The summed E-state index contributed by atoms with van der Waals surface area (Å²) < 4.78 is 0. The van der Waals surface area contributed by atoms with E-state index in [1.54, 1.807) is 12.4 Å². The Morgan fingerprint density at radius 1 is 1.43 bits per heavy atom. The quantitative estimate of drug-likeness (QED) is 0.871. The van der Waals surface area contributed by atoms with E-state index in [0.29, 0.717) is 6.04 Å². The van der Waals surface area contributed by atoms with E-state index in [4.69, 9.17) is 0 Å². The van der Waals surface area contributed by atoms with Crippen molar-refractivity contribution in [2.45, 2.75) is 33.2 Å². The van der Waals surface area contributed by atoms with Crippen LogP contribution in [0.1, 0.15) is 37.6 Å². The number of aromatic nitrogens is 1. The first kappa shape index (κ1) is 15.8. The van der Waals surface area contributed by atoms with Crippen LogP contribution < -0.4 is 5.32 Å². The summed E-state index contributed by atoms with van der Waals surface area (Å²) in [6.45, 7) is 10.9. The first-order valence-electron chi connectivity index (χ1n) is 7.92. The molecule has 1 unspecified atom stereocenters. The maximum absolute atomic E-state index is 12.7. The fourth-order valence-corrected chi connectivity index (χ4v) is 3.05. The van der Waals surface area contributed by atoms with Crippen LogP contribution in [0.25, 0.3) is 0 Å². The van der Waals surface area contributed by atoms with Gasteiger partial charge in [0.25, 0.3) is 5.91 Å². The Kier molecular flexibility index (Phi) is 5.56. The summed E-state index contributed by atoms with van der Waals surface area (Å²) in [6, 6.07) is 2.30. The number of anilines is 1. The van der Waals surface area contributed by atoms with Gasteiger partial charge in [0.05, 0.1) is 17.4 Å². The summed E-state index contributed by atoms with van der Waals surface area (Å²) in [6.07, 6.45) is 4.48. The highest BCUT2D eigenvalue weighted by Crippen LogP contribution is 2.21. The number of carbonyl (C=O) groups excluding carboxylic acids is 1. The number of carbonyl (C=O) groups is 1. The summed E-state index contributed by atoms with van der Waals surface area (Å²) in [4.78, 5) is 21.2. The van der Waals surface area contributed by atoms with Gasteiger partial charge >= 0.3 is 0 Å². The molecule has 1 aliphatic heterocycles. The lowest BCUT2D eigenvalue weighted by molar-refractivity contribution is 0.0779. The van der Waals surface area contributed by atoms with E-state index in [0.717, 1.165) is 50.4 Å². The molecule has 1 amide bonds. The zero-order valence-electron chi connectivity index (χ0n) is 13.3. The Morgan fingerprint density at radius 3 is 2.86 bits per heavy atom. The number of pyridine rings is 1. The van der Waals surface area contributed by atoms with Crippen LogP contribution in [0.15, 0.2) is 18.5 Å². The van der Waals surface area contributed by atoms with Crippen LogP contribution in [0.3, 0.4) is 0 Å². The van der Waals surface area contributed by atoms with E-state index in [2.05, 4.69) is 29.0 Å². The highest BCUT2D eigenvalue weighted by Gasteiger charge is 2.30. The Hall–Kier alpha value is -1.62. The van der Waals surface area contributed by atoms with E-state index in [-0.39, 0.29) is 5.91 Å².